The highest BCUT2D eigenvalue weighted by molar-refractivity contribution is 5.83. The second kappa shape index (κ2) is 9.85. The molecule has 2 aromatic carbocycles. The molecule has 9 nitrogen and oxygen atoms in total. The molecule has 9 heteroatoms. The summed E-state index contributed by atoms with van der Waals surface area (Å²) in [4.78, 5) is 9.65. The summed E-state index contributed by atoms with van der Waals surface area (Å²) in [5.74, 6) is 1.20. The summed E-state index contributed by atoms with van der Waals surface area (Å²) in [5.41, 5.74) is 11.1. The quantitative estimate of drug-likeness (QED) is 0.354. The number of nitrogens with two attached hydrogens (primary N) is 1. The Morgan fingerprint density at radius 2 is 1.92 bits per heavy atom. The largest absolute Gasteiger partial charge is 0.381 e. The molecule has 0 spiro atoms. The van der Waals surface area contributed by atoms with Gasteiger partial charge in [-0.25, -0.2) is 4.98 Å². The molecule has 0 bridgehead atoms. The van der Waals surface area contributed by atoms with Crippen LogP contribution in [0.1, 0.15) is 30.0 Å². The number of anilines is 2. The lowest BCUT2D eigenvalue weighted by Crippen LogP contribution is -2.19. The molecule has 1 saturated heterocycles. The third-order valence-corrected chi connectivity index (χ3v) is 6.74. The molecule has 1 aliphatic rings. The van der Waals surface area contributed by atoms with Gasteiger partial charge in [0.1, 0.15) is 5.82 Å². The minimum Gasteiger partial charge on any atom is -0.381 e. The van der Waals surface area contributed by atoms with Gasteiger partial charge >= 0.3 is 0 Å². The smallest absolute Gasteiger partial charge is 0.236 e. The van der Waals surface area contributed by atoms with Crippen molar-refractivity contribution in [2.75, 3.05) is 18.5 Å². The molecule has 6 rings (SSSR count). The molecule has 37 heavy (non-hydrogen) atoms. The van der Waals surface area contributed by atoms with Crippen molar-refractivity contribution in [3.8, 4) is 23.1 Å². The van der Waals surface area contributed by atoms with Crippen LogP contribution in [0.2, 0.25) is 0 Å². The number of hydrogen-bond acceptors (Lipinski definition) is 7. The van der Waals surface area contributed by atoms with Crippen LogP contribution in [-0.4, -0.2) is 37.5 Å². The molecule has 1 fully saturated rings. The maximum Gasteiger partial charge on any atom is 0.236 e. The number of ether oxygens (including phenoxy) is 1. The Hall–Kier alpha value is -4.52. The average Bonchev–Trinajstić information content (AvgIpc) is 3.61. The Kier molecular flexibility index (Phi) is 6.10. The Labute approximate surface area is 214 Å². The van der Waals surface area contributed by atoms with Crippen LogP contribution in [0.4, 0.5) is 11.5 Å². The van der Waals surface area contributed by atoms with Gasteiger partial charge in [0, 0.05) is 60.5 Å². The molecule has 4 heterocycles. The fourth-order valence-corrected chi connectivity index (χ4v) is 4.67. The number of rotatable bonds is 6. The Balaban J connectivity index is 1.41. The molecular weight excluding hydrogens is 464 g/mol. The number of nitrogens with one attached hydrogen (secondary N) is 1. The molecule has 5 aromatic rings. The summed E-state index contributed by atoms with van der Waals surface area (Å²) in [5, 5.41) is 18.3. The first-order valence-electron chi connectivity index (χ1n) is 12.3. The van der Waals surface area contributed by atoms with Gasteiger partial charge in [-0.3, -0.25) is 9.25 Å². The van der Waals surface area contributed by atoms with Crippen LogP contribution < -0.4 is 11.1 Å². The van der Waals surface area contributed by atoms with Gasteiger partial charge < -0.3 is 15.8 Å². The summed E-state index contributed by atoms with van der Waals surface area (Å²) in [7, 11) is 0. The van der Waals surface area contributed by atoms with E-state index in [-0.39, 0.29) is 0 Å². The average molecular weight is 491 g/mol. The number of aromatic nitrogens is 5. The summed E-state index contributed by atoms with van der Waals surface area (Å²) in [6.45, 7) is 2.00. The third kappa shape index (κ3) is 4.56. The van der Waals surface area contributed by atoms with Crippen molar-refractivity contribution in [2.24, 2.45) is 5.73 Å². The van der Waals surface area contributed by atoms with Crippen molar-refractivity contribution in [2.45, 2.75) is 25.4 Å². The first kappa shape index (κ1) is 22.9. The number of benzene rings is 2. The van der Waals surface area contributed by atoms with Gasteiger partial charge in [0.25, 0.3) is 0 Å². The lowest BCUT2D eigenvalue weighted by atomic mass is 10.1. The van der Waals surface area contributed by atoms with Gasteiger partial charge in [-0.1, -0.05) is 12.1 Å². The number of fused-ring (bicyclic) bond motifs is 1. The van der Waals surface area contributed by atoms with E-state index in [1.165, 1.54) is 0 Å². The second-order valence-electron chi connectivity index (χ2n) is 9.08. The van der Waals surface area contributed by atoms with Crippen LogP contribution in [0.5, 0.6) is 0 Å². The second-order valence-corrected chi connectivity index (χ2v) is 9.08. The number of nitriles is 1. The Morgan fingerprint density at radius 3 is 2.70 bits per heavy atom. The highest BCUT2D eigenvalue weighted by Crippen LogP contribution is 2.31. The first-order valence-corrected chi connectivity index (χ1v) is 12.3. The molecule has 0 atom stereocenters. The zero-order valence-corrected chi connectivity index (χ0v) is 20.2. The van der Waals surface area contributed by atoms with Crippen LogP contribution in [0.15, 0.2) is 73.3 Å². The van der Waals surface area contributed by atoms with Crippen LogP contribution in [0.25, 0.3) is 28.0 Å². The van der Waals surface area contributed by atoms with Gasteiger partial charge in [-0.15, -0.1) is 0 Å². The lowest BCUT2D eigenvalue weighted by Gasteiger charge is -2.22. The highest BCUT2D eigenvalue weighted by atomic mass is 16.5. The molecule has 0 saturated carbocycles. The molecule has 0 amide bonds. The molecule has 0 aliphatic carbocycles. The van der Waals surface area contributed by atoms with Crippen LogP contribution in [-0.2, 0) is 11.3 Å². The summed E-state index contributed by atoms with van der Waals surface area (Å²) >= 11 is 0. The normalized spacial score (nSPS) is 14.1. The van der Waals surface area contributed by atoms with Gasteiger partial charge in [0.2, 0.25) is 5.95 Å². The number of nitrogens with zero attached hydrogens (tertiary/aromatic N) is 6. The lowest BCUT2D eigenvalue weighted by molar-refractivity contribution is 0.0662. The maximum absolute atomic E-state index is 9.24. The van der Waals surface area contributed by atoms with E-state index in [1.54, 1.807) is 6.07 Å². The summed E-state index contributed by atoms with van der Waals surface area (Å²) in [6, 6.07) is 18.0. The Morgan fingerprint density at radius 1 is 1.08 bits per heavy atom. The maximum atomic E-state index is 9.24. The van der Waals surface area contributed by atoms with Crippen LogP contribution in [0, 0.1) is 11.3 Å². The SMILES string of the molecule is N#Cc1ccc2c(ccn2-c2ncc(-c3cnn(C4CCOCC4)c3)c(Nc3ccc(CN)cc3)n2)c1. The summed E-state index contributed by atoms with van der Waals surface area (Å²) < 4.78 is 9.46. The van der Waals surface area contributed by atoms with E-state index in [0.29, 0.717) is 29.9 Å². The molecule has 0 radical (unpaired) electrons. The predicted octanol–water partition coefficient (Wildman–Crippen LogP) is 4.71. The van der Waals surface area contributed by atoms with Crippen molar-refractivity contribution in [3.05, 3.63) is 84.4 Å². The molecule has 1 aliphatic heterocycles. The van der Waals surface area contributed by atoms with Crippen molar-refractivity contribution in [1.29, 1.82) is 5.26 Å². The molecule has 3 N–H and O–H groups in total. The zero-order valence-electron chi connectivity index (χ0n) is 20.2. The standard InChI is InChI=1S/C28H26N8O/c29-14-19-1-4-23(5-2-19)33-27-25(22-16-32-36(18-22)24-8-11-37-12-9-24)17-31-28(34-27)35-10-7-21-13-20(15-30)3-6-26(21)35/h1-7,10,13,16-18,24H,8-9,11-12,14,29H2,(H,31,33,34). The predicted molar refractivity (Wildman–Crippen MR) is 142 cm³/mol. The van der Waals surface area contributed by atoms with E-state index >= 15 is 0 Å². The van der Waals surface area contributed by atoms with E-state index in [4.69, 9.17) is 20.4 Å². The van der Waals surface area contributed by atoms with Gasteiger partial charge in [0.15, 0.2) is 0 Å². The molecular formula is C28H26N8O. The van der Waals surface area contributed by atoms with Gasteiger partial charge in [-0.05, 0) is 54.8 Å². The number of hydrogen-bond donors (Lipinski definition) is 2. The molecule has 184 valence electrons. The van der Waals surface area contributed by atoms with Crippen LogP contribution in [0.3, 0.4) is 0 Å². The molecule has 3 aromatic heterocycles. The van der Waals surface area contributed by atoms with E-state index in [1.807, 2.05) is 70.3 Å². The fraction of sp³-hybridized carbons (Fsp3) is 0.214. The highest BCUT2D eigenvalue weighted by Gasteiger charge is 2.19. The third-order valence-electron chi connectivity index (χ3n) is 6.74. The minimum absolute atomic E-state index is 0.326. The van der Waals surface area contributed by atoms with E-state index in [2.05, 4.69) is 22.7 Å². The van der Waals surface area contributed by atoms with Crippen molar-refractivity contribution in [1.82, 2.24) is 24.3 Å². The van der Waals surface area contributed by atoms with Gasteiger partial charge in [-0.2, -0.15) is 15.3 Å². The molecule has 0 unspecified atom stereocenters. The first-order chi connectivity index (χ1) is 18.2. The zero-order chi connectivity index (χ0) is 25.2. The summed E-state index contributed by atoms with van der Waals surface area (Å²) in [6.07, 6.45) is 9.58. The van der Waals surface area contributed by atoms with E-state index in [9.17, 15) is 5.26 Å². The monoisotopic (exact) mass is 490 g/mol. The Bertz CT molecular complexity index is 1590. The van der Waals surface area contributed by atoms with Crippen molar-refractivity contribution in [3.63, 3.8) is 0 Å². The topological polar surface area (TPSA) is 120 Å². The van der Waals surface area contributed by atoms with E-state index in [0.717, 1.165) is 59.3 Å². The van der Waals surface area contributed by atoms with Gasteiger partial charge in [0.05, 0.1) is 29.4 Å². The van der Waals surface area contributed by atoms with E-state index < -0.39 is 0 Å². The minimum atomic E-state index is 0.326. The van der Waals surface area contributed by atoms with Crippen molar-refractivity contribution < 1.29 is 4.74 Å². The van der Waals surface area contributed by atoms with Crippen LogP contribution >= 0.6 is 0 Å². The fourth-order valence-electron chi connectivity index (χ4n) is 4.67. The van der Waals surface area contributed by atoms with Crippen molar-refractivity contribution >= 4 is 22.4 Å².